The van der Waals surface area contributed by atoms with E-state index in [1.807, 2.05) is 0 Å². The molecule has 0 saturated carbocycles. The Morgan fingerprint density at radius 1 is 1.11 bits per heavy atom. The summed E-state index contributed by atoms with van der Waals surface area (Å²) in [5, 5.41) is 11.5. The number of amides is 2. The van der Waals surface area contributed by atoms with Gasteiger partial charge in [-0.15, -0.1) is 0 Å². The van der Waals surface area contributed by atoms with Gasteiger partial charge in [0.25, 0.3) is 11.8 Å². The van der Waals surface area contributed by atoms with Crippen LogP contribution in [0.3, 0.4) is 0 Å². The number of piperidine rings is 4. The van der Waals surface area contributed by atoms with Crippen LogP contribution in [-0.4, -0.2) is 93.5 Å². The Morgan fingerprint density at radius 2 is 1.77 bits per heavy atom. The number of anilines is 2. The van der Waals surface area contributed by atoms with E-state index < -0.39 is 11.9 Å². The molecule has 4 fully saturated rings. The molecular weight excluding hydrogens is 478 g/mol. The lowest BCUT2D eigenvalue weighted by atomic mass is 9.82. The number of hydrogen-bond donors (Lipinski definition) is 5. The summed E-state index contributed by atoms with van der Waals surface area (Å²) in [5.74, 6) is -1.81. The van der Waals surface area contributed by atoms with Crippen LogP contribution in [0.4, 0.5) is 11.6 Å². The molecule has 0 aliphatic carbocycles. The van der Waals surface area contributed by atoms with Gasteiger partial charge in [-0.1, -0.05) is 11.6 Å². The molecule has 1 atom stereocenters. The third kappa shape index (κ3) is 5.40. The standard InChI is InChI=1S/C21H30ClN9O4/c22-16-18(24)28-17(23)15(27-16)19(33)29-21(25)26-13-9-31(7-3-11(13)4-8-31)10-14(32)30-5-1-12(2-6-30)20(34)35/h11-13H,1-10H2,(H7-,23,24,25,26,28,29,33,34,35)/p+1. The molecule has 13 nitrogen and oxygen atoms in total. The summed E-state index contributed by atoms with van der Waals surface area (Å²) < 4.78 is 0.621. The molecule has 1 unspecified atom stereocenters. The van der Waals surface area contributed by atoms with E-state index in [0.717, 1.165) is 25.9 Å². The number of fused-ring (bicyclic) bond motifs is 3. The minimum absolute atomic E-state index is 0.0486. The quantitative estimate of drug-likeness (QED) is 0.193. The number of nitrogens with two attached hydrogens (primary N) is 3. The number of carboxylic acid groups (broad SMARTS) is 1. The Labute approximate surface area is 207 Å². The Kier molecular flexibility index (Phi) is 6.99. The molecule has 0 radical (unpaired) electrons. The number of quaternary nitrogens is 1. The van der Waals surface area contributed by atoms with Crippen molar-refractivity contribution in [3.8, 4) is 0 Å². The number of nitrogen functional groups attached to an aromatic ring is 2. The molecule has 2 amide bonds. The summed E-state index contributed by atoms with van der Waals surface area (Å²) in [6.07, 6.45) is 2.80. The van der Waals surface area contributed by atoms with Gasteiger partial charge in [0, 0.05) is 25.9 Å². The monoisotopic (exact) mass is 508 g/mol. The van der Waals surface area contributed by atoms with E-state index >= 15 is 0 Å². The van der Waals surface area contributed by atoms with Crippen molar-refractivity contribution in [1.82, 2.24) is 20.2 Å². The van der Waals surface area contributed by atoms with Gasteiger partial charge >= 0.3 is 5.97 Å². The molecule has 4 aliphatic rings. The number of aromatic nitrogens is 2. The minimum Gasteiger partial charge on any atom is -0.481 e. The second-order valence-electron chi connectivity index (χ2n) is 9.63. The SMILES string of the molecule is NC(=NC1C[N+]2(CC(=O)N3CCC(C(=O)O)CC3)CCC1CC2)NC(=O)c1nc(Cl)c(N)nc1N. The van der Waals surface area contributed by atoms with Gasteiger partial charge in [-0.25, -0.2) is 15.0 Å². The van der Waals surface area contributed by atoms with Crippen molar-refractivity contribution in [3.05, 3.63) is 10.8 Å². The maximum Gasteiger partial charge on any atom is 0.306 e. The number of rotatable bonds is 5. The van der Waals surface area contributed by atoms with Crippen LogP contribution in [-0.2, 0) is 9.59 Å². The molecule has 8 N–H and O–H groups in total. The van der Waals surface area contributed by atoms with Gasteiger partial charge in [-0.2, -0.15) is 0 Å². The molecule has 35 heavy (non-hydrogen) atoms. The summed E-state index contributed by atoms with van der Waals surface area (Å²) in [6.45, 7) is 3.72. The average molecular weight is 509 g/mol. The van der Waals surface area contributed by atoms with Crippen LogP contribution in [0.5, 0.6) is 0 Å². The van der Waals surface area contributed by atoms with Crippen LogP contribution < -0.4 is 22.5 Å². The van der Waals surface area contributed by atoms with Gasteiger partial charge in [0.05, 0.1) is 19.0 Å². The Morgan fingerprint density at radius 3 is 2.40 bits per heavy atom. The van der Waals surface area contributed by atoms with Crippen molar-refractivity contribution in [3.63, 3.8) is 0 Å². The van der Waals surface area contributed by atoms with E-state index in [4.69, 9.17) is 28.8 Å². The number of hydrogen-bond acceptors (Lipinski definition) is 8. The third-order valence-corrected chi connectivity index (χ3v) is 7.68. The van der Waals surface area contributed by atoms with Crippen LogP contribution in [0.1, 0.15) is 36.2 Å². The number of carbonyl (C=O) groups excluding carboxylic acids is 2. The van der Waals surface area contributed by atoms with Crippen molar-refractivity contribution in [2.45, 2.75) is 31.7 Å². The van der Waals surface area contributed by atoms with Gasteiger partial charge in [0.1, 0.15) is 12.6 Å². The van der Waals surface area contributed by atoms with E-state index in [2.05, 4.69) is 20.3 Å². The molecule has 4 aliphatic heterocycles. The largest absolute Gasteiger partial charge is 0.481 e. The number of guanidine groups is 1. The second-order valence-corrected chi connectivity index (χ2v) is 9.99. The van der Waals surface area contributed by atoms with Crippen LogP contribution in [0.2, 0.25) is 5.15 Å². The van der Waals surface area contributed by atoms with Crippen molar-refractivity contribution in [1.29, 1.82) is 0 Å². The van der Waals surface area contributed by atoms with E-state index in [1.165, 1.54) is 0 Å². The van der Waals surface area contributed by atoms with Gasteiger partial charge in [-0.3, -0.25) is 19.7 Å². The molecule has 5 rings (SSSR count). The molecule has 0 aromatic carbocycles. The summed E-state index contributed by atoms with van der Waals surface area (Å²) in [7, 11) is 0. The molecule has 0 spiro atoms. The molecule has 4 saturated heterocycles. The summed E-state index contributed by atoms with van der Waals surface area (Å²) in [4.78, 5) is 50.8. The Balaban J connectivity index is 1.38. The van der Waals surface area contributed by atoms with E-state index in [1.54, 1.807) is 4.90 Å². The van der Waals surface area contributed by atoms with Crippen molar-refractivity contribution >= 4 is 47.0 Å². The maximum atomic E-state index is 13.0. The topological polar surface area (TPSA) is 203 Å². The molecule has 2 bridgehead atoms. The first kappa shape index (κ1) is 24.9. The molecule has 14 heteroatoms. The van der Waals surface area contributed by atoms with Crippen molar-refractivity contribution in [2.24, 2.45) is 22.6 Å². The number of nitrogens with one attached hydrogen (secondary N) is 1. The number of aliphatic imine (C=N–C) groups is 1. The van der Waals surface area contributed by atoms with E-state index in [0.29, 0.717) is 49.4 Å². The maximum absolute atomic E-state index is 13.0. The first-order chi connectivity index (χ1) is 16.6. The molecule has 1 aromatic heterocycles. The fraction of sp³-hybridized carbons (Fsp3) is 0.619. The Hall–Kier alpha value is -3.19. The molecule has 190 valence electrons. The minimum atomic E-state index is -0.795. The fourth-order valence-corrected chi connectivity index (χ4v) is 5.50. The molecule has 1 aromatic rings. The van der Waals surface area contributed by atoms with Crippen LogP contribution in [0, 0.1) is 11.8 Å². The van der Waals surface area contributed by atoms with Gasteiger partial charge in [0.2, 0.25) is 0 Å². The predicted molar refractivity (Wildman–Crippen MR) is 128 cm³/mol. The summed E-state index contributed by atoms with van der Waals surface area (Å²) in [5.41, 5.74) is 17.1. The predicted octanol–water partition coefficient (Wildman–Crippen LogP) is -0.729. The molecular formula is C21H31ClN9O4+. The van der Waals surface area contributed by atoms with Gasteiger partial charge < -0.3 is 31.7 Å². The number of likely N-dealkylation sites (tertiary alicyclic amines) is 1. The smallest absolute Gasteiger partial charge is 0.306 e. The van der Waals surface area contributed by atoms with Gasteiger partial charge in [0.15, 0.2) is 35.0 Å². The average Bonchev–Trinajstić information content (AvgIpc) is 2.81. The van der Waals surface area contributed by atoms with Crippen molar-refractivity contribution in [2.75, 3.05) is 50.7 Å². The first-order valence-corrected chi connectivity index (χ1v) is 12.0. The summed E-state index contributed by atoms with van der Waals surface area (Å²) >= 11 is 5.84. The van der Waals surface area contributed by atoms with Crippen LogP contribution in [0.15, 0.2) is 4.99 Å². The highest BCUT2D eigenvalue weighted by atomic mass is 35.5. The van der Waals surface area contributed by atoms with E-state index in [-0.39, 0.29) is 46.3 Å². The number of nitrogens with zero attached hydrogens (tertiary/aromatic N) is 5. The Bertz CT molecular complexity index is 1050. The lowest BCUT2D eigenvalue weighted by Gasteiger charge is -2.51. The normalized spacial score (nSPS) is 27.0. The lowest BCUT2D eigenvalue weighted by Crippen LogP contribution is -2.66. The molecule has 5 heterocycles. The lowest BCUT2D eigenvalue weighted by molar-refractivity contribution is -0.936. The number of aliphatic carboxylic acids is 1. The number of halogens is 1. The van der Waals surface area contributed by atoms with Crippen LogP contribution >= 0.6 is 11.6 Å². The number of carboxylic acids is 1. The zero-order chi connectivity index (χ0) is 25.3. The van der Waals surface area contributed by atoms with Crippen LogP contribution in [0.25, 0.3) is 0 Å². The number of carbonyl (C=O) groups is 3. The highest BCUT2D eigenvalue weighted by Crippen LogP contribution is 2.35. The van der Waals surface area contributed by atoms with E-state index in [9.17, 15) is 19.5 Å². The highest BCUT2D eigenvalue weighted by Gasteiger charge is 2.47. The third-order valence-electron chi connectivity index (χ3n) is 7.40. The zero-order valence-corrected chi connectivity index (χ0v) is 20.1. The first-order valence-electron chi connectivity index (χ1n) is 11.7. The summed E-state index contributed by atoms with van der Waals surface area (Å²) in [6, 6.07) is -0.137. The highest BCUT2D eigenvalue weighted by molar-refractivity contribution is 6.31. The van der Waals surface area contributed by atoms with Gasteiger partial charge in [-0.05, 0) is 18.8 Å². The second kappa shape index (κ2) is 9.82. The fourth-order valence-electron chi connectivity index (χ4n) is 5.38. The van der Waals surface area contributed by atoms with Crippen molar-refractivity contribution < 1.29 is 24.0 Å². The zero-order valence-electron chi connectivity index (χ0n) is 19.3.